The van der Waals surface area contributed by atoms with E-state index in [1.54, 1.807) is 0 Å². The minimum absolute atomic E-state index is 0.382. The lowest BCUT2D eigenvalue weighted by Gasteiger charge is -2.46. The molecule has 10 aromatic carbocycles. The quantitative estimate of drug-likeness (QED) is 0.0168. The lowest BCUT2D eigenvalue weighted by atomic mass is 9.12. The monoisotopic (exact) mass is 1480 g/mol. The zero-order valence-electron chi connectivity index (χ0n) is 47.3. The van der Waals surface area contributed by atoms with Crippen LogP contribution in [-0.4, -0.2) is 45.8 Å². The van der Waals surface area contributed by atoms with Crippen LogP contribution in [0, 0.1) is 69.8 Å². The lowest BCUT2D eigenvalue weighted by molar-refractivity contribution is 0.212. The average Bonchev–Trinajstić information content (AvgIpc) is 0.682. The summed E-state index contributed by atoms with van der Waals surface area (Å²) in [4.78, 5) is 3.03. The van der Waals surface area contributed by atoms with Crippen LogP contribution < -0.4 is 50.3 Å². The van der Waals surface area contributed by atoms with Crippen LogP contribution in [0.1, 0.15) is 0 Å². The largest absolute Gasteiger partial charge is 0.490 e. The van der Waals surface area contributed by atoms with Crippen molar-refractivity contribution in [2.75, 3.05) is 39.6 Å². The van der Waals surface area contributed by atoms with Gasteiger partial charge in [-0.2, -0.15) is 0 Å². The maximum Gasteiger partial charge on any atom is 0.208 e. The summed E-state index contributed by atoms with van der Waals surface area (Å²) in [6.07, 6.45) is -5.62. The number of halogens is 20. The van der Waals surface area contributed by atoms with Gasteiger partial charge in [0.25, 0.3) is 0 Å². The smallest absolute Gasteiger partial charge is 0.208 e. The van der Waals surface area contributed by atoms with Gasteiger partial charge in [0.15, 0.2) is 63.8 Å². The number of ether oxygens (including phenoxy) is 6. The zero-order valence-corrected chi connectivity index (χ0v) is 54.2. The highest BCUT2D eigenvalue weighted by atomic mass is 35.5. The van der Waals surface area contributed by atoms with Crippen molar-refractivity contribution in [1.82, 2.24) is 0 Å². The fourth-order valence-corrected chi connectivity index (χ4v) is 14.3. The summed E-state index contributed by atoms with van der Waals surface area (Å²) in [6, 6.07) is 53.7. The SMILES string of the molecule is Fc1c(F)c(Cl)c(Cl)c([B-](c2c(F)c(F)c(F)c(Cl)c2Cl)(c2c(F)c(F)c(F)c(Cl)c2Cl)c2c(F)c(F)c(F)c(Cl)c2Cl)c1F.c1ccc(OCCOc2ccccc2[S+](c2ccccc2OCCOc2ccccc2)c2ccccc2OCCOc2ccccc2)cc1. The minimum atomic E-state index is -5.62. The van der Waals surface area contributed by atoms with E-state index in [1.807, 2.05) is 146 Å². The summed E-state index contributed by atoms with van der Waals surface area (Å²) in [5, 5.41) is -13.9. The molecule has 10 aromatic rings. The van der Waals surface area contributed by atoms with Gasteiger partial charge in [-0.25, -0.2) is 52.7 Å². The van der Waals surface area contributed by atoms with E-state index in [1.165, 1.54) is 0 Å². The Morgan fingerprint density at radius 3 is 0.670 bits per heavy atom. The summed E-state index contributed by atoms with van der Waals surface area (Å²) in [5.41, 5.74) is -8.47. The third-order valence-electron chi connectivity index (χ3n) is 14.0. The molecule has 94 heavy (non-hydrogen) atoms. The molecule has 0 aliphatic carbocycles. The van der Waals surface area contributed by atoms with Crippen molar-refractivity contribution in [3.63, 3.8) is 0 Å². The molecular weight excluding hydrogens is 1440 g/mol. The summed E-state index contributed by atoms with van der Waals surface area (Å²) < 4.78 is 219. The van der Waals surface area contributed by atoms with E-state index in [4.69, 9.17) is 121 Å². The summed E-state index contributed by atoms with van der Waals surface area (Å²) in [7, 11) is -0.671. The number of para-hydroxylation sites is 6. The Bertz CT molecular complexity index is 3790. The molecule has 0 unspecified atom stereocenters. The van der Waals surface area contributed by atoms with Gasteiger partial charge < -0.3 is 28.4 Å². The zero-order chi connectivity index (χ0) is 67.7. The van der Waals surface area contributed by atoms with Gasteiger partial charge in [0.05, 0.1) is 20.1 Å². The Morgan fingerprint density at radius 1 is 0.234 bits per heavy atom. The van der Waals surface area contributed by atoms with E-state index in [-0.39, 0.29) is 0 Å². The lowest BCUT2D eigenvalue weighted by Crippen LogP contribution is -2.79. The molecule has 0 radical (unpaired) electrons. The van der Waals surface area contributed by atoms with Crippen LogP contribution in [0.3, 0.4) is 0 Å². The molecule has 0 fully saturated rings. The normalized spacial score (nSPS) is 11.3. The third kappa shape index (κ3) is 14.5. The number of benzene rings is 10. The molecule has 0 atom stereocenters. The molecule has 0 saturated carbocycles. The fraction of sp³-hybridized carbons (Fsp3) is 0.0909. The first-order valence-corrected chi connectivity index (χ1v) is 31.5. The highest BCUT2D eigenvalue weighted by Crippen LogP contribution is 2.45. The van der Waals surface area contributed by atoms with Crippen LogP contribution in [0.25, 0.3) is 0 Å². The standard InChI is InChI=1S/C42H39O6S.C24BCl8F12/c1-4-16-34(17-5-1)43-28-31-46-37-22-10-13-25-40(37)49(41-26-14-11-23-38(41)47-32-29-44-35-18-6-2-7-19-35)42-27-15-12-24-39(42)48-33-30-45-36-20-8-3-9-21-36;26-5-1(13(34)21(42)17(38)9(5)30)25(2-6(27)10(31)18(39)22(43)14(2)35,3-7(28)11(32)19(40)23(44)15(3)36)4-8(29)12(33)20(41)24(45)16(4)37/h1-27H,28-33H2;/q+1;-1. The molecule has 0 N–H and O–H groups in total. The van der Waals surface area contributed by atoms with Gasteiger partial charge in [-0.05, 0) is 72.8 Å². The number of hydrogen-bond acceptors (Lipinski definition) is 6. The van der Waals surface area contributed by atoms with Gasteiger partial charge in [-0.3, -0.25) is 0 Å². The maximum absolute atomic E-state index is 16.0. The van der Waals surface area contributed by atoms with Crippen molar-refractivity contribution < 1.29 is 81.1 Å². The molecule has 0 amide bonds. The van der Waals surface area contributed by atoms with E-state index in [2.05, 4.69) is 18.2 Å². The van der Waals surface area contributed by atoms with Crippen molar-refractivity contribution in [3.05, 3.63) is 274 Å². The van der Waals surface area contributed by atoms with Crippen LogP contribution in [-0.2, 0) is 10.9 Å². The van der Waals surface area contributed by atoms with Gasteiger partial charge in [0.2, 0.25) is 14.7 Å². The molecule has 10 rings (SSSR count). The first-order chi connectivity index (χ1) is 45.1. The molecule has 0 aliphatic rings. The summed E-state index contributed by atoms with van der Waals surface area (Å²) >= 11 is 46.6. The van der Waals surface area contributed by atoms with Gasteiger partial charge in [0.1, 0.15) is 97.2 Å². The third-order valence-corrected chi connectivity index (χ3v) is 19.7. The maximum atomic E-state index is 16.0. The Hall–Kier alpha value is -7.11. The number of hydrogen-bond donors (Lipinski definition) is 0. The molecule has 488 valence electrons. The van der Waals surface area contributed by atoms with Crippen LogP contribution in [0.5, 0.6) is 34.5 Å². The second-order valence-corrected chi connectivity index (χ2v) is 24.4. The van der Waals surface area contributed by atoms with E-state index in [9.17, 15) is 17.6 Å². The van der Waals surface area contributed by atoms with Crippen LogP contribution >= 0.6 is 92.8 Å². The molecule has 0 bridgehead atoms. The van der Waals surface area contributed by atoms with Crippen LogP contribution in [0.15, 0.2) is 178 Å². The molecule has 0 aliphatic heterocycles. The molecule has 0 aromatic heterocycles. The minimum Gasteiger partial charge on any atom is -0.490 e. The van der Waals surface area contributed by atoms with Gasteiger partial charge in [-0.15, -0.1) is 21.9 Å². The predicted molar refractivity (Wildman–Crippen MR) is 343 cm³/mol. The van der Waals surface area contributed by atoms with Crippen molar-refractivity contribution in [3.8, 4) is 34.5 Å². The molecule has 0 heterocycles. The Morgan fingerprint density at radius 2 is 0.436 bits per heavy atom. The van der Waals surface area contributed by atoms with E-state index >= 15 is 35.1 Å². The highest BCUT2D eigenvalue weighted by Gasteiger charge is 2.50. The van der Waals surface area contributed by atoms with Crippen molar-refractivity contribution in [2.24, 2.45) is 0 Å². The molecule has 6 nitrogen and oxygen atoms in total. The highest BCUT2D eigenvalue weighted by molar-refractivity contribution is 7.97. The van der Waals surface area contributed by atoms with Gasteiger partial charge >= 0.3 is 0 Å². The Kier molecular flexibility index (Phi) is 24.0. The van der Waals surface area contributed by atoms with Crippen molar-refractivity contribution in [1.29, 1.82) is 0 Å². The average molecular weight is 1480 g/mol. The molecule has 0 spiro atoms. The first kappa shape index (κ1) is 71.2. The molecule has 28 heteroatoms. The fourth-order valence-electron chi connectivity index (χ4n) is 9.93. The molecule has 0 saturated heterocycles. The Labute approximate surface area is 571 Å². The van der Waals surface area contributed by atoms with E-state index in [0.717, 1.165) is 49.2 Å². The summed E-state index contributed by atoms with van der Waals surface area (Å²) in [6.45, 7) is 2.38. The van der Waals surface area contributed by atoms with Crippen molar-refractivity contribution >= 4 is 132 Å². The van der Waals surface area contributed by atoms with Crippen molar-refractivity contribution in [2.45, 2.75) is 14.7 Å². The van der Waals surface area contributed by atoms with E-state index in [0.29, 0.717) is 39.6 Å². The topological polar surface area (TPSA) is 55.4 Å². The summed E-state index contributed by atoms with van der Waals surface area (Å²) in [5.74, 6) is -26.5. The number of rotatable bonds is 22. The predicted octanol–water partition coefficient (Wildman–Crippen LogP) is 19.1. The van der Waals surface area contributed by atoms with E-state index < -0.39 is 149 Å². The first-order valence-electron chi connectivity index (χ1n) is 27.2. The second-order valence-electron chi connectivity index (χ2n) is 19.5. The van der Waals surface area contributed by atoms with Gasteiger partial charge in [0, 0.05) is 20.1 Å². The Balaban J connectivity index is 0.000000222. The van der Waals surface area contributed by atoms with Gasteiger partial charge in [-0.1, -0.05) is 184 Å². The van der Waals surface area contributed by atoms with Crippen LogP contribution in [0.4, 0.5) is 52.7 Å². The second kappa shape index (κ2) is 31.6. The molecular formula is C66H39BCl8F12O6S. The van der Waals surface area contributed by atoms with Crippen LogP contribution in [0.2, 0.25) is 40.2 Å².